The molecule has 4 nitrogen and oxygen atoms in total. The number of benzene rings is 1. The van der Waals surface area contributed by atoms with E-state index in [-0.39, 0.29) is 18.9 Å². The number of rotatable bonds is 6. The van der Waals surface area contributed by atoms with Gasteiger partial charge in [0.1, 0.15) is 0 Å². The summed E-state index contributed by atoms with van der Waals surface area (Å²) in [6, 6.07) is 8.95. The van der Waals surface area contributed by atoms with Crippen LogP contribution in [-0.4, -0.2) is 24.5 Å². The van der Waals surface area contributed by atoms with Crippen molar-refractivity contribution in [2.24, 2.45) is 0 Å². The number of nitrogens with one attached hydrogen (secondary N) is 1. The van der Waals surface area contributed by atoms with Gasteiger partial charge in [-0.3, -0.25) is 4.79 Å². The van der Waals surface area contributed by atoms with Gasteiger partial charge in [-0.25, -0.2) is 4.98 Å². The van der Waals surface area contributed by atoms with E-state index in [0.29, 0.717) is 10.6 Å². The molecule has 1 N–H and O–H groups in total. The summed E-state index contributed by atoms with van der Waals surface area (Å²) < 4.78 is 42.5. The third-order valence-corrected chi connectivity index (χ3v) is 3.97. The van der Waals surface area contributed by atoms with E-state index in [0.717, 1.165) is 16.7 Å². The lowest BCUT2D eigenvalue weighted by Gasteiger charge is -2.15. The van der Waals surface area contributed by atoms with Gasteiger partial charge in [0.2, 0.25) is 0 Å². The van der Waals surface area contributed by atoms with Crippen LogP contribution in [0.1, 0.15) is 22.4 Å². The zero-order valence-electron chi connectivity index (χ0n) is 12.3. The highest BCUT2D eigenvalue weighted by atomic mass is 32.1. The van der Waals surface area contributed by atoms with Crippen LogP contribution in [0, 0.1) is 0 Å². The third-order valence-electron chi connectivity index (χ3n) is 3.06. The number of amides is 1. The van der Waals surface area contributed by atoms with Crippen LogP contribution >= 0.6 is 11.3 Å². The SMILES string of the molecule is CO[C@@H](C(=O)NCCc1nc(C(F)(F)F)cs1)c1ccccc1. The van der Waals surface area contributed by atoms with Crippen molar-refractivity contribution < 1.29 is 22.7 Å². The minimum absolute atomic E-state index is 0.191. The average molecular weight is 344 g/mol. The number of hydrogen-bond acceptors (Lipinski definition) is 4. The smallest absolute Gasteiger partial charge is 0.367 e. The first-order valence-corrected chi connectivity index (χ1v) is 7.67. The summed E-state index contributed by atoms with van der Waals surface area (Å²) in [7, 11) is 1.42. The zero-order valence-corrected chi connectivity index (χ0v) is 13.1. The molecule has 8 heteroatoms. The number of ether oxygens (including phenoxy) is 1. The van der Waals surface area contributed by atoms with Gasteiger partial charge < -0.3 is 10.1 Å². The van der Waals surface area contributed by atoms with Crippen molar-refractivity contribution in [2.75, 3.05) is 13.7 Å². The van der Waals surface area contributed by atoms with Crippen molar-refractivity contribution in [1.82, 2.24) is 10.3 Å². The molecule has 1 amide bonds. The number of alkyl halides is 3. The summed E-state index contributed by atoms with van der Waals surface area (Å²) in [5.41, 5.74) is -0.191. The molecule has 0 radical (unpaired) electrons. The molecular formula is C15H15F3N2O2S. The number of halogens is 3. The molecule has 0 saturated heterocycles. The fraction of sp³-hybridized carbons (Fsp3) is 0.333. The van der Waals surface area contributed by atoms with E-state index in [2.05, 4.69) is 10.3 Å². The number of carbonyl (C=O) groups excluding carboxylic acids is 1. The van der Waals surface area contributed by atoms with Gasteiger partial charge in [0, 0.05) is 25.5 Å². The molecular weight excluding hydrogens is 329 g/mol. The highest BCUT2D eigenvalue weighted by Gasteiger charge is 2.33. The van der Waals surface area contributed by atoms with Crippen molar-refractivity contribution in [2.45, 2.75) is 18.7 Å². The average Bonchev–Trinajstić information content (AvgIpc) is 2.98. The Bertz CT molecular complexity index is 644. The van der Waals surface area contributed by atoms with Gasteiger partial charge in [-0.1, -0.05) is 30.3 Å². The summed E-state index contributed by atoms with van der Waals surface area (Å²) >= 11 is 0.925. The van der Waals surface area contributed by atoms with Crippen molar-refractivity contribution in [3.63, 3.8) is 0 Å². The number of nitrogens with zero attached hydrogens (tertiary/aromatic N) is 1. The molecule has 2 rings (SSSR count). The molecule has 0 aliphatic carbocycles. The molecule has 1 aromatic heterocycles. The maximum absolute atomic E-state index is 12.4. The summed E-state index contributed by atoms with van der Waals surface area (Å²) in [6.07, 6.45) is -4.96. The molecule has 0 fully saturated rings. The molecule has 0 aliphatic rings. The standard InChI is InChI=1S/C15H15F3N2O2S/c1-22-13(10-5-3-2-4-6-10)14(21)19-8-7-12-20-11(9-23-12)15(16,17)18/h2-6,9,13H,7-8H2,1H3,(H,19,21)/t13-/m1/s1. The summed E-state index contributed by atoms with van der Waals surface area (Å²) in [6.45, 7) is 0.191. The van der Waals surface area contributed by atoms with E-state index < -0.39 is 18.0 Å². The van der Waals surface area contributed by atoms with Crippen molar-refractivity contribution >= 4 is 17.2 Å². The Kier molecular flexibility index (Phi) is 5.73. The molecule has 1 aromatic carbocycles. The van der Waals surface area contributed by atoms with E-state index in [1.165, 1.54) is 7.11 Å². The first kappa shape index (κ1) is 17.4. The van der Waals surface area contributed by atoms with Gasteiger partial charge >= 0.3 is 6.18 Å². The molecule has 0 bridgehead atoms. The highest BCUT2D eigenvalue weighted by molar-refractivity contribution is 7.09. The van der Waals surface area contributed by atoms with Gasteiger partial charge in [0.05, 0.1) is 5.01 Å². The van der Waals surface area contributed by atoms with Gasteiger partial charge in [0.25, 0.3) is 5.91 Å². The second kappa shape index (κ2) is 7.56. The summed E-state index contributed by atoms with van der Waals surface area (Å²) in [5, 5.41) is 3.95. The Hall–Kier alpha value is -1.93. The summed E-state index contributed by atoms with van der Waals surface area (Å²) in [4.78, 5) is 15.6. The lowest BCUT2D eigenvalue weighted by molar-refractivity contribution is -0.140. The number of hydrogen-bond donors (Lipinski definition) is 1. The fourth-order valence-corrected chi connectivity index (χ4v) is 2.77. The Morgan fingerprint density at radius 2 is 2.04 bits per heavy atom. The fourth-order valence-electron chi connectivity index (χ4n) is 1.96. The second-order valence-electron chi connectivity index (χ2n) is 4.69. The van der Waals surface area contributed by atoms with Gasteiger partial charge in [0.15, 0.2) is 11.8 Å². The third kappa shape index (κ3) is 4.77. The number of thiazole rings is 1. The van der Waals surface area contributed by atoms with E-state index in [9.17, 15) is 18.0 Å². The number of carbonyl (C=O) groups is 1. The van der Waals surface area contributed by atoms with Crippen molar-refractivity contribution in [3.8, 4) is 0 Å². The van der Waals surface area contributed by atoms with E-state index in [4.69, 9.17) is 4.74 Å². The Morgan fingerprint density at radius 1 is 1.35 bits per heavy atom. The highest BCUT2D eigenvalue weighted by Crippen LogP contribution is 2.30. The molecule has 1 heterocycles. The zero-order chi connectivity index (χ0) is 16.9. The maximum Gasteiger partial charge on any atom is 0.434 e. The second-order valence-corrected chi connectivity index (χ2v) is 5.63. The summed E-state index contributed by atoms with van der Waals surface area (Å²) in [5.74, 6) is -0.341. The molecule has 0 aliphatic heterocycles. The van der Waals surface area contributed by atoms with Crippen LogP contribution in [0.15, 0.2) is 35.7 Å². The Labute approximate surface area is 135 Å². The molecule has 0 unspecified atom stereocenters. The van der Waals surface area contributed by atoms with Crippen LogP contribution in [0.5, 0.6) is 0 Å². The molecule has 1 atom stereocenters. The van der Waals surface area contributed by atoms with Crippen LogP contribution in [-0.2, 0) is 22.1 Å². The van der Waals surface area contributed by atoms with E-state index in [1.807, 2.05) is 6.07 Å². The quantitative estimate of drug-likeness (QED) is 0.875. The topological polar surface area (TPSA) is 51.2 Å². The predicted molar refractivity (Wildman–Crippen MR) is 80.0 cm³/mol. The first-order valence-electron chi connectivity index (χ1n) is 6.79. The van der Waals surface area contributed by atoms with Crippen molar-refractivity contribution in [1.29, 1.82) is 0 Å². The Morgan fingerprint density at radius 3 is 2.61 bits per heavy atom. The van der Waals surface area contributed by atoms with Gasteiger partial charge in [-0.05, 0) is 5.56 Å². The van der Waals surface area contributed by atoms with Crippen LogP contribution in [0.2, 0.25) is 0 Å². The normalized spacial score (nSPS) is 12.9. The lowest BCUT2D eigenvalue weighted by atomic mass is 10.1. The minimum atomic E-state index is -4.44. The molecule has 23 heavy (non-hydrogen) atoms. The van der Waals surface area contributed by atoms with Gasteiger partial charge in [-0.2, -0.15) is 13.2 Å². The van der Waals surface area contributed by atoms with E-state index in [1.54, 1.807) is 24.3 Å². The molecule has 124 valence electrons. The first-order chi connectivity index (χ1) is 10.9. The van der Waals surface area contributed by atoms with Crippen LogP contribution in [0.4, 0.5) is 13.2 Å². The van der Waals surface area contributed by atoms with Crippen molar-refractivity contribution in [3.05, 3.63) is 52.0 Å². The number of methoxy groups -OCH3 is 1. The van der Waals surface area contributed by atoms with Crippen LogP contribution in [0.25, 0.3) is 0 Å². The molecule has 0 spiro atoms. The minimum Gasteiger partial charge on any atom is -0.367 e. The number of aromatic nitrogens is 1. The largest absolute Gasteiger partial charge is 0.434 e. The lowest BCUT2D eigenvalue weighted by Crippen LogP contribution is -2.31. The monoisotopic (exact) mass is 344 g/mol. The predicted octanol–water partition coefficient (Wildman–Crippen LogP) is 3.21. The molecule has 2 aromatic rings. The van der Waals surface area contributed by atoms with Crippen LogP contribution < -0.4 is 5.32 Å². The van der Waals surface area contributed by atoms with E-state index >= 15 is 0 Å². The molecule has 0 saturated carbocycles. The Balaban J connectivity index is 1.88. The van der Waals surface area contributed by atoms with Gasteiger partial charge in [-0.15, -0.1) is 11.3 Å². The maximum atomic E-state index is 12.4. The van der Waals surface area contributed by atoms with Crippen LogP contribution in [0.3, 0.4) is 0 Å².